The summed E-state index contributed by atoms with van der Waals surface area (Å²) in [7, 11) is 0. The number of hydrogen-bond donors (Lipinski definition) is 1. The molecule has 1 fully saturated rings. The first-order valence-corrected chi connectivity index (χ1v) is 12.3. The van der Waals surface area contributed by atoms with E-state index in [1.165, 1.54) is 6.07 Å². The largest absolute Gasteiger partial charge is 0.421 e. The molecule has 7 nitrogen and oxygen atoms in total. The Hall–Kier alpha value is -3.77. The number of carbonyl (C=O) groups is 4. The van der Waals surface area contributed by atoms with Gasteiger partial charge in [-0.25, -0.2) is 14.5 Å². The molecular formula is C26H15Br2F3N2O5. The smallest absolute Gasteiger partial charge is 0.416 e. The summed E-state index contributed by atoms with van der Waals surface area (Å²) in [5.74, 6) is -2.98. The molecule has 1 aliphatic heterocycles. The molecule has 1 N–H and O–H groups in total. The van der Waals surface area contributed by atoms with Gasteiger partial charge in [0.15, 0.2) is 5.75 Å². The van der Waals surface area contributed by atoms with E-state index in [9.17, 15) is 32.3 Å². The molecule has 0 bridgehead atoms. The monoisotopic (exact) mass is 650 g/mol. The van der Waals surface area contributed by atoms with Crippen LogP contribution in [0.25, 0.3) is 6.08 Å². The molecule has 0 aromatic heterocycles. The van der Waals surface area contributed by atoms with Gasteiger partial charge in [0.25, 0.3) is 11.8 Å². The lowest BCUT2D eigenvalue weighted by Gasteiger charge is -2.27. The summed E-state index contributed by atoms with van der Waals surface area (Å²) in [6.45, 7) is 1.80. The van der Waals surface area contributed by atoms with E-state index >= 15 is 0 Å². The fourth-order valence-corrected chi connectivity index (χ4v) is 4.93. The molecular weight excluding hydrogens is 637 g/mol. The fourth-order valence-electron chi connectivity index (χ4n) is 3.59. The number of halogens is 5. The number of urea groups is 1. The normalized spacial score (nSPS) is 15.1. The summed E-state index contributed by atoms with van der Waals surface area (Å²) in [6, 6.07) is 12.0. The lowest BCUT2D eigenvalue weighted by atomic mass is 10.1. The standard InChI is InChI=1S/C26H15Br2F3N2O5/c1-13-4-2-5-14(8-13)24(36)38-21-15(9-17(27)12-20(21)28)10-19-22(34)32-25(37)33(23(19)35)18-7-3-6-16(11-18)26(29,30)31/h2-12H,1H3,(H,32,34,37)/b19-10-. The maximum absolute atomic E-state index is 13.2. The van der Waals surface area contributed by atoms with Gasteiger partial charge in [-0.15, -0.1) is 0 Å². The van der Waals surface area contributed by atoms with Crippen LogP contribution in [0.3, 0.4) is 0 Å². The van der Waals surface area contributed by atoms with Gasteiger partial charge >= 0.3 is 18.2 Å². The SMILES string of the molecule is Cc1cccc(C(=O)Oc2c(Br)cc(Br)cc2/C=C2/C(=O)NC(=O)N(c3cccc(C(F)(F)F)c3)C2=O)c1. The number of esters is 1. The van der Waals surface area contributed by atoms with Crippen LogP contribution in [-0.4, -0.2) is 23.8 Å². The van der Waals surface area contributed by atoms with Gasteiger partial charge in [-0.3, -0.25) is 14.9 Å². The number of nitrogens with zero attached hydrogens (tertiary/aromatic N) is 1. The fraction of sp³-hybridized carbons (Fsp3) is 0.0769. The van der Waals surface area contributed by atoms with Crippen molar-refractivity contribution in [3.05, 3.63) is 97.4 Å². The third-order valence-corrected chi connectivity index (χ3v) is 6.37. The molecule has 194 valence electrons. The number of ether oxygens (including phenoxy) is 1. The molecule has 4 amide bonds. The second-order valence-corrected chi connectivity index (χ2v) is 9.84. The Balaban J connectivity index is 1.76. The van der Waals surface area contributed by atoms with E-state index in [1.54, 1.807) is 37.3 Å². The van der Waals surface area contributed by atoms with Crippen molar-refractivity contribution in [1.29, 1.82) is 0 Å². The first kappa shape index (κ1) is 27.3. The highest BCUT2D eigenvalue weighted by Gasteiger charge is 2.38. The minimum atomic E-state index is -4.72. The van der Waals surface area contributed by atoms with Crippen molar-refractivity contribution < 1.29 is 37.1 Å². The molecule has 3 aromatic rings. The zero-order valence-electron chi connectivity index (χ0n) is 19.2. The lowest BCUT2D eigenvalue weighted by molar-refractivity contribution is -0.137. The molecule has 4 rings (SSSR count). The molecule has 0 unspecified atom stereocenters. The third kappa shape index (κ3) is 5.70. The first-order valence-electron chi connectivity index (χ1n) is 10.7. The number of rotatable bonds is 4. The quantitative estimate of drug-likeness (QED) is 0.152. The van der Waals surface area contributed by atoms with Crippen molar-refractivity contribution in [2.45, 2.75) is 13.1 Å². The summed E-state index contributed by atoms with van der Waals surface area (Å²) in [6.07, 6.45) is -3.64. The number of alkyl halides is 3. The summed E-state index contributed by atoms with van der Waals surface area (Å²) in [5.41, 5.74) is -0.864. The summed E-state index contributed by atoms with van der Waals surface area (Å²) in [5, 5.41) is 1.95. The number of carbonyl (C=O) groups excluding carboxylic acids is 4. The molecule has 1 aliphatic rings. The molecule has 0 spiro atoms. The van der Waals surface area contributed by atoms with Crippen molar-refractivity contribution >= 4 is 67.4 Å². The average Bonchev–Trinajstić information content (AvgIpc) is 2.83. The highest BCUT2D eigenvalue weighted by Crippen LogP contribution is 2.36. The van der Waals surface area contributed by atoms with E-state index in [4.69, 9.17) is 4.74 Å². The molecule has 0 aliphatic carbocycles. The maximum atomic E-state index is 13.2. The van der Waals surface area contributed by atoms with Gasteiger partial charge in [0.05, 0.1) is 21.3 Å². The Morgan fingerprint density at radius 3 is 2.39 bits per heavy atom. The zero-order chi connectivity index (χ0) is 27.8. The van der Waals surface area contributed by atoms with Gasteiger partial charge in [-0.2, -0.15) is 13.2 Å². The van der Waals surface area contributed by atoms with Gasteiger partial charge in [0.1, 0.15) is 5.57 Å². The highest BCUT2D eigenvalue weighted by atomic mass is 79.9. The van der Waals surface area contributed by atoms with E-state index in [0.717, 1.165) is 29.8 Å². The number of benzene rings is 3. The first-order chi connectivity index (χ1) is 17.8. The van der Waals surface area contributed by atoms with Crippen LogP contribution >= 0.6 is 31.9 Å². The summed E-state index contributed by atoms with van der Waals surface area (Å²) < 4.78 is 46.0. The van der Waals surface area contributed by atoms with Crippen LogP contribution in [0.5, 0.6) is 5.75 Å². The summed E-state index contributed by atoms with van der Waals surface area (Å²) in [4.78, 5) is 51.6. The Morgan fingerprint density at radius 1 is 1.00 bits per heavy atom. The molecule has 1 saturated heterocycles. The Bertz CT molecular complexity index is 1540. The highest BCUT2D eigenvalue weighted by molar-refractivity contribution is 9.11. The number of barbiturate groups is 1. The van der Waals surface area contributed by atoms with Crippen LogP contribution in [-0.2, 0) is 15.8 Å². The van der Waals surface area contributed by atoms with E-state index in [0.29, 0.717) is 19.9 Å². The average molecular weight is 652 g/mol. The second-order valence-electron chi connectivity index (χ2n) is 8.07. The molecule has 38 heavy (non-hydrogen) atoms. The van der Waals surface area contributed by atoms with Gasteiger partial charge < -0.3 is 4.74 Å². The van der Waals surface area contributed by atoms with Crippen LogP contribution in [0.4, 0.5) is 23.7 Å². The Kier molecular flexibility index (Phi) is 7.56. The third-order valence-electron chi connectivity index (χ3n) is 5.32. The minimum absolute atomic E-state index is 0.0321. The molecule has 0 atom stereocenters. The van der Waals surface area contributed by atoms with Crippen molar-refractivity contribution in [2.24, 2.45) is 0 Å². The predicted molar refractivity (Wildman–Crippen MR) is 138 cm³/mol. The van der Waals surface area contributed by atoms with Crippen LogP contribution in [0.2, 0.25) is 0 Å². The predicted octanol–water partition coefficient (Wildman–Crippen LogP) is 6.42. The molecule has 3 aromatic carbocycles. The Labute approximate surface area is 230 Å². The lowest BCUT2D eigenvalue weighted by Crippen LogP contribution is -2.54. The number of nitrogens with one attached hydrogen (secondary N) is 1. The molecule has 12 heteroatoms. The topological polar surface area (TPSA) is 92.8 Å². The van der Waals surface area contributed by atoms with Crippen molar-refractivity contribution in [3.8, 4) is 5.75 Å². The summed E-state index contributed by atoms with van der Waals surface area (Å²) >= 11 is 6.59. The van der Waals surface area contributed by atoms with E-state index in [-0.39, 0.29) is 22.6 Å². The maximum Gasteiger partial charge on any atom is 0.416 e. The molecule has 0 radical (unpaired) electrons. The molecule has 1 heterocycles. The van der Waals surface area contributed by atoms with Gasteiger partial charge in [-0.1, -0.05) is 39.7 Å². The van der Waals surface area contributed by atoms with Crippen LogP contribution in [0.1, 0.15) is 27.0 Å². The van der Waals surface area contributed by atoms with E-state index in [1.807, 2.05) is 5.32 Å². The number of anilines is 1. The van der Waals surface area contributed by atoms with Gasteiger partial charge in [0.2, 0.25) is 0 Å². The molecule has 0 saturated carbocycles. The van der Waals surface area contributed by atoms with Crippen molar-refractivity contribution in [2.75, 3.05) is 4.90 Å². The van der Waals surface area contributed by atoms with E-state index < -0.39 is 41.1 Å². The van der Waals surface area contributed by atoms with Crippen LogP contribution in [0, 0.1) is 6.92 Å². The minimum Gasteiger partial charge on any atom is -0.421 e. The van der Waals surface area contributed by atoms with Gasteiger partial charge in [0, 0.05) is 10.0 Å². The number of imide groups is 2. The Morgan fingerprint density at radius 2 is 1.71 bits per heavy atom. The number of hydrogen-bond acceptors (Lipinski definition) is 5. The number of aryl methyl sites for hydroxylation is 1. The van der Waals surface area contributed by atoms with Crippen molar-refractivity contribution in [1.82, 2.24) is 5.32 Å². The van der Waals surface area contributed by atoms with Gasteiger partial charge in [-0.05, 0) is 71.4 Å². The van der Waals surface area contributed by atoms with Crippen molar-refractivity contribution in [3.63, 3.8) is 0 Å². The zero-order valence-corrected chi connectivity index (χ0v) is 22.4. The van der Waals surface area contributed by atoms with Crippen LogP contribution < -0.4 is 15.0 Å². The second kappa shape index (κ2) is 10.5. The van der Waals surface area contributed by atoms with Crippen LogP contribution in [0.15, 0.2) is 75.2 Å². The number of amides is 4. The van der Waals surface area contributed by atoms with E-state index in [2.05, 4.69) is 31.9 Å².